The van der Waals surface area contributed by atoms with Gasteiger partial charge in [-0.15, -0.1) is 0 Å². The first-order chi connectivity index (χ1) is 10.0. The van der Waals surface area contributed by atoms with Crippen LogP contribution in [0.15, 0.2) is 12.1 Å². The summed E-state index contributed by atoms with van der Waals surface area (Å²) >= 11 is 6.41. The van der Waals surface area contributed by atoms with Gasteiger partial charge in [0.15, 0.2) is 0 Å². The first-order valence-corrected chi connectivity index (χ1v) is 7.78. The Labute approximate surface area is 130 Å². The van der Waals surface area contributed by atoms with Crippen LogP contribution < -0.4 is 9.64 Å². The lowest BCUT2D eigenvalue weighted by Gasteiger charge is -2.30. The fourth-order valence-electron chi connectivity index (χ4n) is 2.66. The maximum atomic E-state index is 11.3. The van der Waals surface area contributed by atoms with Crippen LogP contribution >= 0.6 is 11.6 Å². The van der Waals surface area contributed by atoms with Gasteiger partial charge in [-0.3, -0.25) is 4.79 Å². The van der Waals surface area contributed by atoms with Gasteiger partial charge < -0.3 is 14.7 Å². The molecular weight excluding hydrogens is 290 g/mol. The topological polar surface area (TPSA) is 49.8 Å². The molecule has 0 radical (unpaired) electrons. The molecule has 2 rings (SSSR count). The second-order valence-electron chi connectivity index (χ2n) is 5.57. The SMILES string of the molecule is CC(=O)Oc1cc(N2CCCCC2)c(Cl)cc1C(C)CO. The van der Waals surface area contributed by atoms with Gasteiger partial charge in [-0.1, -0.05) is 18.5 Å². The number of anilines is 1. The largest absolute Gasteiger partial charge is 0.426 e. The van der Waals surface area contributed by atoms with E-state index in [4.69, 9.17) is 16.3 Å². The highest BCUT2D eigenvalue weighted by Gasteiger charge is 2.20. The van der Waals surface area contributed by atoms with Crippen molar-refractivity contribution in [2.75, 3.05) is 24.6 Å². The fraction of sp³-hybridized carbons (Fsp3) is 0.562. The number of carbonyl (C=O) groups excluding carboxylic acids is 1. The van der Waals surface area contributed by atoms with Crippen LogP contribution in [0.1, 0.15) is 44.6 Å². The first kappa shape index (κ1) is 16.1. The molecule has 1 unspecified atom stereocenters. The second kappa shape index (κ2) is 7.14. The Bertz CT molecular complexity index is 512. The Morgan fingerprint density at radius 1 is 1.38 bits per heavy atom. The number of rotatable bonds is 4. The first-order valence-electron chi connectivity index (χ1n) is 7.40. The summed E-state index contributed by atoms with van der Waals surface area (Å²) in [6, 6.07) is 3.64. The van der Waals surface area contributed by atoms with Crippen LogP contribution in [0.5, 0.6) is 5.75 Å². The van der Waals surface area contributed by atoms with Gasteiger partial charge in [-0.2, -0.15) is 0 Å². The minimum atomic E-state index is -0.367. The van der Waals surface area contributed by atoms with Crippen molar-refractivity contribution in [3.05, 3.63) is 22.7 Å². The number of carbonyl (C=O) groups is 1. The second-order valence-corrected chi connectivity index (χ2v) is 5.97. The van der Waals surface area contributed by atoms with E-state index in [0.717, 1.165) is 37.2 Å². The lowest BCUT2D eigenvalue weighted by atomic mass is 9.99. The van der Waals surface area contributed by atoms with E-state index < -0.39 is 0 Å². The van der Waals surface area contributed by atoms with E-state index in [1.54, 1.807) is 0 Å². The van der Waals surface area contributed by atoms with Crippen LogP contribution in [0.2, 0.25) is 5.02 Å². The molecule has 1 aliphatic heterocycles. The summed E-state index contributed by atoms with van der Waals surface area (Å²) in [5.41, 5.74) is 1.67. The molecule has 1 saturated heterocycles. The van der Waals surface area contributed by atoms with Crippen LogP contribution in [0.4, 0.5) is 5.69 Å². The van der Waals surface area contributed by atoms with E-state index >= 15 is 0 Å². The van der Waals surface area contributed by atoms with E-state index in [2.05, 4.69) is 4.90 Å². The Hall–Kier alpha value is -1.26. The number of aliphatic hydroxyl groups excluding tert-OH is 1. The third-order valence-electron chi connectivity index (χ3n) is 3.83. The molecule has 0 amide bonds. The number of esters is 1. The molecule has 1 atom stereocenters. The summed E-state index contributed by atoms with van der Waals surface area (Å²) in [5, 5.41) is 10.0. The van der Waals surface area contributed by atoms with Crippen molar-refractivity contribution in [1.29, 1.82) is 0 Å². The third kappa shape index (κ3) is 3.89. The number of piperidine rings is 1. The Morgan fingerprint density at radius 3 is 2.62 bits per heavy atom. The van der Waals surface area contributed by atoms with Crippen molar-refractivity contribution in [2.45, 2.75) is 39.0 Å². The van der Waals surface area contributed by atoms with Gasteiger partial charge >= 0.3 is 5.97 Å². The molecule has 0 bridgehead atoms. The summed E-state index contributed by atoms with van der Waals surface area (Å²) < 4.78 is 5.32. The van der Waals surface area contributed by atoms with E-state index in [1.807, 2.05) is 19.1 Å². The average Bonchev–Trinajstić information content (AvgIpc) is 2.48. The van der Waals surface area contributed by atoms with E-state index in [0.29, 0.717) is 10.8 Å². The van der Waals surface area contributed by atoms with Gasteiger partial charge in [0.1, 0.15) is 5.75 Å². The van der Waals surface area contributed by atoms with Gasteiger partial charge in [0.25, 0.3) is 0 Å². The van der Waals surface area contributed by atoms with Crippen molar-refractivity contribution in [3.63, 3.8) is 0 Å². The molecule has 21 heavy (non-hydrogen) atoms. The summed E-state index contributed by atoms with van der Waals surface area (Å²) in [6.07, 6.45) is 3.53. The highest BCUT2D eigenvalue weighted by atomic mass is 35.5. The Kier molecular flexibility index (Phi) is 5.48. The van der Waals surface area contributed by atoms with Crippen LogP contribution in [0.3, 0.4) is 0 Å². The van der Waals surface area contributed by atoms with Gasteiger partial charge in [0.2, 0.25) is 0 Å². The van der Waals surface area contributed by atoms with Gasteiger partial charge in [-0.25, -0.2) is 0 Å². The van der Waals surface area contributed by atoms with E-state index in [9.17, 15) is 9.90 Å². The number of benzene rings is 1. The molecule has 0 aromatic heterocycles. The average molecular weight is 312 g/mol. The number of hydrogen-bond donors (Lipinski definition) is 1. The van der Waals surface area contributed by atoms with Crippen LogP contribution in [-0.4, -0.2) is 30.8 Å². The van der Waals surface area contributed by atoms with Gasteiger partial charge in [-0.05, 0) is 25.3 Å². The number of hydrogen-bond acceptors (Lipinski definition) is 4. The molecule has 5 heteroatoms. The summed E-state index contributed by atoms with van der Waals surface area (Å²) in [7, 11) is 0. The summed E-state index contributed by atoms with van der Waals surface area (Å²) in [4.78, 5) is 13.5. The zero-order valence-electron chi connectivity index (χ0n) is 12.6. The van der Waals surface area contributed by atoms with Crippen molar-refractivity contribution >= 4 is 23.3 Å². The van der Waals surface area contributed by atoms with Gasteiger partial charge in [0.05, 0.1) is 10.7 Å². The number of nitrogens with zero attached hydrogens (tertiary/aromatic N) is 1. The molecule has 116 valence electrons. The molecule has 1 fully saturated rings. The van der Waals surface area contributed by atoms with Crippen LogP contribution in [0, 0.1) is 0 Å². The van der Waals surface area contributed by atoms with Crippen molar-refractivity contribution in [3.8, 4) is 5.75 Å². The predicted molar refractivity (Wildman–Crippen MR) is 84.3 cm³/mol. The van der Waals surface area contributed by atoms with Gasteiger partial charge in [0, 0.05) is 44.2 Å². The highest BCUT2D eigenvalue weighted by Crippen LogP contribution is 2.38. The maximum Gasteiger partial charge on any atom is 0.308 e. The van der Waals surface area contributed by atoms with E-state index in [-0.39, 0.29) is 18.5 Å². The van der Waals surface area contributed by atoms with Crippen LogP contribution in [-0.2, 0) is 4.79 Å². The minimum absolute atomic E-state index is 0.0202. The molecule has 4 nitrogen and oxygen atoms in total. The molecule has 1 aromatic rings. The number of halogens is 1. The quantitative estimate of drug-likeness (QED) is 0.684. The molecule has 1 aliphatic rings. The molecule has 0 aliphatic carbocycles. The third-order valence-corrected chi connectivity index (χ3v) is 4.14. The summed E-state index contributed by atoms with van der Waals surface area (Å²) in [5.74, 6) is -0.00501. The standard InChI is InChI=1S/C16H22ClNO3/c1-11(10-19)13-8-14(17)15(9-16(13)21-12(2)20)18-6-4-3-5-7-18/h8-9,11,19H,3-7,10H2,1-2H3. The zero-order chi connectivity index (χ0) is 15.4. The van der Waals surface area contributed by atoms with Crippen molar-refractivity contribution in [2.24, 2.45) is 0 Å². The predicted octanol–water partition coefficient (Wildman–Crippen LogP) is 3.35. The smallest absolute Gasteiger partial charge is 0.308 e. The number of ether oxygens (including phenoxy) is 1. The molecule has 0 saturated carbocycles. The summed E-state index contributed by atoms with van der Waals surface area (Å²) in [6.45, 7) is 5.16. The molecule has 1 N–H and O–H groups in total. The normalized spacial score (nSPS) is 16.7. The minimum Gasteiger partial charge on any atom is -0.426 e. The van der Waals surface area contributed by atoms with Crippen LogP contribution in [0.25, 0.3) is 0 Å². The maximum absolute atomic E-state index is 11.3. The monoisotopic (exact) mass is 311 g/mol. The highest BCUT2D eigenvalue weighted by molar-refractivity contribution is 6.33. The number of aliphatic hydroxyl groups is 1. The van der Waals surface area contributed by atoms with Crippen molar-refractivity contribution < 1.29 is 14.6 Å². The van der Waals surface area contributed by atoms with E-state index in [1.165, 1.54) is 13.3 Å². The molecular formula is C16H22ClNO3. The fourth-order valence-corrected chi connectivity index (χ4v) is 2.95. The lowest BCUT2D eigenvalue weighted by molar-refractivity contribution is -0.131. The Balaban J connectivity index is 2.40. The zero-order valence-corrected chi connectivity index (χ0v) is 13.3. The molecule has 0 spiro atoms. The lowest BCUT2D eigenvalue weighted by Crippen LogP contribution is -2.29. The molecule has 1 heterocycles. The molecule has 1 aromatic carbocycles. The Morgan fingerprint density at radius 2 is 2.05 bits per heavy atom. The van der Waals surface area contributed by atoms with Crippen molar-refractivity contribution in [1.82, 2.24) is 0 Å².